The molecule has 0 amide bonds. The normalized spacial score (nSPS) is 13.4. The second-order valence-corrected chi connectivity index (χ2v) is 15.0. The lowest BCUT2D eigenvalue weighted by Crippen LogP contribution is -2.22. The molecule has 2 heterocycles. The molecule has 0 saturated heterocycles. The van der Waals surface area contributed by atoms with Crippen LogP contribution in [0.5, 0.6) is 0 Å². The Morgan fingerprint density at radius 2 is 1.38 bits per heavy atom. The third-order valence-corrected chi connectivity index (χ3v) is 8.03. The number of anilines is 2. The van der Waals surface area contributed by atoms with Gasteiger partial charge in [0.2, 0.25) is 0 Å². The predicted molar refractivity (Wildman–Crippen MR) is 160 cm³/mol. The molecule has 2 aromatic carbocycles. The van der Waals surface area contributed by atoms with Gasteiger partial charge in [-0.3, -0.25) is 18.8 Å². The molecule has 0 saturated carbocycles. The molecule has 40 heavy (non-hydrogen) atoms. The van der Waals surface area contributed by atoms with E-state index in [4.69, 9.17) is 21.9 Å². The minimum Gasteiger partial charge on any atom is -0.265 e. The number of aryl methyl sites for hydroxylation is 2. The van der Waals surface area contributed by atoms with E-state index in [1.54, 1.807) is 16.4 Å². The minimum absolute atomic E-state index is 0.00507. The van der Waals surface area contributed by atoms with Gasteiger partial charge in [-0.05, 0) is 46.1 Å². The van der Waals surface area contributed by atoms with Crippen molar-refractivity contribution in [3.8, 4) is 0 Å². The topological polar surface area (TPSA) is 180 Å². The fourth-order valence-electron chi connectivity index (χ4n) is 4.97. The molecule has 0 aliphatic heterocycles. The van der Waals surface area contributed by atoms with E-state index in [0.29, 0.717) is 21.9 Å². The molecule has 0 atom stereocenters. The smallest absolute Gasteiger partial charge is 0.265 e. The molecule has 0 spiro atoms. The number of benzene rings is 2. The number of rotatable bonds is 6. The Hall–Kier alpha value is -2.91. The number of nitrogens with one attached hydrogen (secondary N) is 2. The van der Waals surface area contributed by atoms with Crippen LogP contribution in [0.25, 0.3) is 21.8 Å². The standard InChI is InChI=1S/C25H35ClN8O4S2/c1-13-9-10-15(24(2,3)4)21-17(13)22(31-39(27,35)36)30-34(21)12-14-11-16(25(5,6)7)20-18(19(14)26)23(29-33(20)8)32-40(28,37)38/h9-11H,12H2,1-8H3,(H,29,32)(H,30,31)(H2,27,35,36)(H2,28,37,38). The molecule has 6 N–H and O–H groups in total. The van der Waals surface area contributed by atoms with E-state index >= 15 is 0 Å². The molecule has 218 valence electrons. The number of fused-ring (bicyclic) bond motifs is 2. The Kier molecular flexibility index (Phi) is 7.20. The van der Waals surface area contributed by atoms with Crippen molar-refractivity contribution in [2.75, 3.05) is 9.44 Å². The summed E-state index contributed by atoms with van der Waals surface area (Å²) < 4.78 is 55.8. The van der Waals surface area contributed by atoms with Crippen LogP contribution in [0.3, 0.4) is 0 Å². The van der Waals surface area contributed by atoms with E-state index in [-0.39, 0.29) is 34.0 Å². The summed E-state index contributed by atoms with van der Waals surface area (Å²) >= 11 is 6.98. The summed E-state index contributed by atoms with van der Waals surface area (Å²) in [6, 6.07) is 5.86. The van der Waals surface area contributed by atoms with Crippen LogP contribution < -0.4 is 19.7 Å². The maximum absolute atomic E-state index is 12.0. The highest BCUT2D eigenvalue weighted by Crippen LogP contribution is 2.41. The van der Waals surface area contributed by atoms with Gasteiger partial charge in [0, 0.05) is 12.4 Å². The molecule has 0 unspecified atom stereocenters. The first-order chi connectivity index (χ1) is 18.1. The van der Waals surface area contributed by atoms with Crippen molar-refractivity contribution in [3.05, 3.63) is 45.5 Å². The van der Waals surface area contributed by atoms with Crippen LogP contribution in [0.4, 0.5) is 11.6 Å². The van der Waals surface area contributed by atoms with Gasteiger partial charge in [-0.15, -0.1) is 0 Å². The van der Waals surface area contributed by atoms with E-state index < -0.39 is 20.4 Å². The first-order valence-corrected chi connectivity index (χ1v) is 15.9. The average Bonchev–Trinajstić information content (AvgIpc) is 3.24. The molecule has 0 bridgehead atoms. The second-order valence-electron chi connectivity index (χ2n) is 12.0. The predicted octanol–water partition coefficient (Wildman–Crippen LogP) is 3.76. The van der Waals surface area contributed by atoms with Crippen LogP contribution in [-0.2, 0) is 44.8 Å². The quantitative estimate of drug-likeness (QED) is 0.258. The summed E-state index contributed by atoms with van der Waals surface area (Å²) in [4.78, 5) is 0. The van der Waals surface area contributed by atoms with Gasteiger partial charge in [0.05, 0.1) is 28.0 Å². The Morgan fingerprint density at radius 3 is 1.88 bits per heavy atom. The molecular weight excluding hydrogens is 576 g/mol. The fraction of sp³-hybridized carbons (Fsp3) is 0.440. The summed E-state index contributed by atoms with van der Waals surface area (Å²) in [6.07, 6.45) is 0. The average molecular weight is 611 g/mol. The lowest BCUT2D eigenvalue weighted by molar-refractivity contribution is 0.584. The van der Waals surface area contributed by atoms with Gasteiger partial charge in [-0.25, -0.2) is 10.3 Å². The zero-order valence-electron chi connectivity index (χ0n) is 23.7. The second kappa shape index (κ2) is 9.58. The Bertz CT molecular complexity index is 1880. The number of nitrogens with zero attached hydrogens (tertiary/aromatic N) is 4. The molecule has 15 heteroatoms. The third-order valence-electron chi connectivity index (χ3n) is 6.64. The van der Waals surface area contributed by atoms with Gasteiger partial charge in [-0.2, -0.15) is 27.0 Å². The number of halogens is 1. The van der Waals surface area contributed by atoms with Crippen molar-refractivity contribution in [1.82, 2.24) is 19.6 Å². The Morgan fingerprint density at radius 1 is 0.850 bits per heavy atom. The first-order valence-electron chi connectivity index (χ1n) is 12.4. The van der Waals surface area contributed by atoms with Crippen molar-refractivity contribution in [1.29, 1.82) is 0 Å². The molecule has 2 aromatic heterocycles. The van der Waals surface area contributed by atoms with Crippen molar-refractivity contribution in [3.63, 3.8) is 0 Å². The molecular formula is C25H35ClN8O4S2. The van der Waals surface area contributed by atoms with E-state index in [9.17, 15) is 16.8 Å². The molecule has 0 aliphatic rings. The zero-order chi connectivity index (χ0) is 30.2. The van der Waals surface area contributed by atoms with E-state index in [1.165, 1.54) is 0 Å². The minimum atomic E-state index is -4.14. The van der Waals surface area contributed by atoms with Gasteiger partial charge < -0.3 is 0 Å². The molecule has 12 nitrogen and oxygen atoms in total. The number of aromatic nitrogens is 4. The SMILES string of the molecule is Cc1ccc(C(C)(C)C)c2c1c(NS(N)(=O)=O)nn2Cc1cc(C(C)(C)C)c2c(c(NS(N)(=O)=O)nn2C)c1Cl. The number of nitrogens with two attached hydrogens (primary N) is 2. The van der Waals surface area contributed by atoms with Gasteiger partial charge in [0.15, 0.2) is 11.6 Å². The number of hydrogen-bond donors (Lipinski definition) is 4. The van der Waals surface area contributed by atoms with Crippen LogP contribution in [0, 0.1) is 6.92 Å². The van der Waals surface area contributed by atoms with Crippen molar-refractivity contribution >= 4 is 65.5 Å². The van der Waals surface area contributed by atoms with E-state index in [2.05, 4.69) is 40.4 Å². The van der Waals surface area contributed by atoms with Crippen LogP contribution in [0.15, 0.2) is 18.2 Å². The van der Waals surface area contributed by atoms with Gasteiger partial charge in [0.1, 0.15) is 0 Å². The van der Waals surface area contributed by atoms with Crippen LogP contribution in [0.2, 0.25) is 5.02 Å². The molecule has 0 radical (unpaired) electrons. The Labute approximate surface area is 239 Å². The molecule has 4 aromatic rings. The highest BCUT2D eigenvalue weighted by molar-refractivity contribution is 7.90. The lowest BCUT2D eigenvalue weighted by atomic mass is 9.84. The summed E-state index contributed by atoms with van der Waals surface area (Å²) in [5.41, 5.74) is 3.91. The maximum Gasteiger partial charge on any atom is 0.297 e. The summed E-state index contributed by atoms with van der Waals surface area (Å²) in [5, 5.41) is 20.9. The summed E-state index contributed by atoms with van der Waals surface area (Å²) in [6.45, 7) is 14.2. The van der Waals surface area contributed by atoms with Crippen molar-refractivity contribution in [2.45, 2.75) is 65.8 Å². The van der Waals surface area contributed by atoms with Crippen LogP contribution in [0.1, 0.15) is 63.8 Å². The van der Waals surface area contributed by atoms with Gasteiger partial charge >= 0.3 is 0 Å². The largest absolute Gasteiger partial charge is 0.297 e. The monoisotopic (exact) mass is 610 g/mol. The molecule has 0 fully saturated rings. The number of hydrogen-bond acceptors (Lipinski definition) is 6. The van der Waals surface area contributed by atoms with E-state index in [1.807, 2.05) is 45.9 Å². The molecule has 4 rings (SSSR count). The van der Waals surface area contributed by atoms with Crippen molar-refractivity contribution < 1.29 is 16.8 Å². The summed E-state index contributed by atoms with van der Waals surface area (Å²) in [7, 11) is -6.56. The van der Waals surface area contributed by atoms with Crippen molar-refractivity contribution in [2.24, 2.45) is 17.3 Å². The fourth-order valence-corrected chi connectivity index (χ4v) is 6.09. The van der Waals surface area contributed by atoms with Gasteiger partial charge in [-0.1, -0.05) is 65.3 Å². The summed E-state index contributed by atoms with van der Waals surface area (Å²) in [5.74, 6) is 0.109. The Balaban J connectivity index is 2.08. The zero-order valence-corrected chi connectivity index (χ0v) is 26.1. The highest BCUT2D eigenvalue weighted by Gasteiger charge is 2.29. The van der Waals surface area contributed by atoms with E-state index in [0.717, 1.165) is 22.2 Å². The van der Waals surface area contributed by atoms with Crippen LogP contribution in [-0.4, -0.2) is 36.4 Å². The third kappa shape index (κ3) is 5.77. The van der Waals surface area contributed by atoms with Gasteiger partial charge in [0.25, 0.3) is 20.4 Å². The molecule has 0 aliphatic carbocycles. The lowest BCUT2D eigenvalue weighted by Gasteiger charge is -2.24. The first kappa shape index (κ1) is 30.1. The maximum atomic E-state index is 12.0. The van der Waals surface area contributed by atoms with Crippen LogP contribution >= 0.6 is 11.6 Å². The highest BCUT2D eigenvalue weighted by atomic mass is 35.5.